The number of nitrogens with zero attached hydrogens (tertiary/aromatic N) is 2. The monoisotopic (exact) mass is 448 g/mol. The van der Waals surface area contributed by atoms with Crippen molar-refractivity contribution in [3.8, 4) is 11.3 Å². The summed E-state index contributed by atoms with van der Waals surface area (Å²) in [5, 5.41) is 12.5. The number of benzene rings is 2. The molecule has 3 aromatic rings. The molecular weight excluding hydrogens is 416 g/mol. The van der Waals surface area contributed by atoms with E-state index >= 15 is 0 Å². The van der Waals surface area contributed by atoms with Crippen LogP contribution >= 0.6 is 11.3 Å². The number of aromatic nitrogens is 1. The van der Waals surface area contributed by atoms with E-state index in [0.717, 1.165) is 28.5 Å². The van der Waals surface area contributed by atoms with Gasteiger partial charge in [0, 0.05) is 24.0 Å². The SMILES string of the molecule is CC(C)c1ccc(-c2csc(N(Cc3cccc(C(=O)O)c3)CC3CCCCC3)n2)cc1. The second-order valence-electron chi connectivity index (χ2n) is 9.18. The van der Waals surface area contributed by atoms with Crippen LogP contribution < -0.4 is 4.90 Å². The number of hydrogen-bond acceptors (Lipinski definition) is 4. The molecule has 0 atom stereocenters. The molecule has 168 valence electrons. The van der Waals surface area contributed by atoms with Crippen LogP contribution in [0.25, 0.3) is 11.3 Å². The van der Waals surface area contributed by atoms with Gasteiger partial charge in [0.15, 0.2) is 5.13 Å². The Kier molecular flexibility index (Phi) is 7.26. The van der Waals surface area contributed by atoms with Crippen LogP contribution in [0.4, 0.5) is 5.13 Å². The van der Waals surface area contributed by atoms with Crippen molar-refractivity contribution in [2.24, 2.45) is 5.92 Å². The van der Waals surface area contributed by atoms with Gasteiger partial charge in [-0.25, -0.2) is 9.78 Å². The van der Waals surface area contributed by atoms with Crippen molar-refractivity contribution >= 4 is 22.4 Å². The molecule has 4 rings (SSSR count). The first-order valence-electron chi connectivity index (χ1n) is 11.6. The zero-order valence-electron chi connectivity index (χ0n) is 19.0. The molecule has 1 N–H and O–H groups in total. The summed E-state index contributed by atoms with van der Waals surface area (Å²) in [5.41, 5.74) is 4.83. The molecule has 1 aliphatic carbocycles. The molecule has 1 heterocycles. The fourth-order valence-corrected chi connectivity index (χ4v) is 5.34. The molecule has 1 fully saturated rings. The zero-order chi connectivity index (χ0) is 22.5. The molecule has 32 heavy (non-hydrogen) atoms. The number of rotatable bonds is 8. The van der Waals surface area contributed by atoms with Crippen molar-refractivity contribution in [3.63, 3.8) is 0 Å². The van der Waals surface area contributed by atoms with Gasteiger partial charge in [-0.1, -0.05) is 69.5 Å². The molecule has 1 saturated carbocycles. The van der Waals surface area contributed by atoms with E-state index in [0.29, 0.717) is 23.9 Å². The highest BCUT2D eigenvalue weighted by atomic mass is 32.1. The normalized spacial score (nSPS) is 14.6. The minimum absolute atomic E-state index is 0.338. The summed E-state index contributed by atoms with van der Waals surface area (Å²) in [6.45, 7) is 6.06. The Morgan fingerprint density at radius 3 is 2.56 bits per heavy atom. The van der Waals surface area contributed by atoms with E-state index in [9.17, 15) is 9.90 Å². The van der Waals surface area contributed by atoms with Crippen LogP contribution in [0.3, 0.4) is 0 Å². The van der Waals surface area contributed by atoms with Gasteiger partial charge in [-0.15, -0.1) is 11.3 Å². The van der Waals surface area contributed by atoms with E-state index in [1.54, 1.807) is 23.5 Å². The largest absolute Gasteiger partial charge is 0.478 e. The number of hydrogen-bond donors (Lipinski definition) is 1. The van der Waals surface area contributed by atoms with Gasteiger partial charge in [0.25, 0.3) is 0 Å². The lowest BCUT2D eigenvalue weighted by molar-refractivity contribution is 0.0696. The molecule has 1 aliphatic rings. The maximum absolute atomic E-state index is 11.4. The molecule has 0 saturated heterocycles. The molecule has 0 amide bonds. The number of carboxylic acid groups (broad SMARTS) is 1. The van der Waals surface area contributed by atoms with E-state index in [1.165, 1.54) is 37.7 Å². The van der Waals surface area contributed by atoms with E-state index < -0.39 is 5.97 Å². The van der Waals surface area contributed by atoms with Crippen LogP contribution in [0, 0.1) is 5.92 Å². The van der Waals surface area contributed by atoms with Crippen LogP contribution in [0.2, 0.25) is 0 Å². The molecule has 0 radical (unpaired) electrons. The summed E-state index contributed by atoms with van der Waals surface area (Å²) in [4.78, 5) is 18.8. The highest BCUT2D eigenvalue weighted by Crippen LogP contribution is 2.32. The third-order valence-corrected chi connectivity index (χ3v) is 7.29. The first kappa shape index (κ1) is 22.5. The maximum atomic E-state index is 11.4. The lowest BCUT2D eigenvalue weighted by Crippen LogP contribution is -2.30. The number of carbonyl (C=O) groups is 1. The average molecular weight is 449 g/mol. The molecule has 1 aromatic heterocycles. The minimum Gasteiger partial charge on any atom is -0.478 e. The fourth-order valence-electron chi connectivity index (χ4n) is 4.50. The fraction of sp³-hybridized carbons (Fsp3) is 0.407. The predicted molar refractivity (Wildman–Crippen MR) is 133 cm³/mol. The summed E-state index contributed by atoms with van der Waals surface area (Å²) in [6, 6.07) is 16.0. The lowest BCUT2D eigenvalue weighted by atomic mass is 9.89. The predicted octanol–water partition coefficient (Wildman–Crippen LogP) is 7.22. The van der Waals surface area contributed by atoms with Crippen LogP contribution in [0.15, 0.2) is 53.9 Å². The Morgan fingerprint density at radius 1 is 1.12 bits per heavy atom. The smallest absolute Gasteiger partial charge is 0.335 e. The van der Waals surface area contributed by atoms with Gasteiger partial charge in [-0.2, -0.15) is 0 Å². The van der Waals surface area contributed by atoms with E-state index in [-0.39, 0.29) is 0 Å². The van der Waals surface area contributed by atoms with Gasteiger partial charge in [-0.05, 0) is 47.9 Å². The number of thiazole rings is 1. The van der Waals surface area contributed by atoms with Gasteiger partial charge < -0.3 is 10.0 Å². The molecule has 0 bridgehead atoms. The number of carboxylic acids is 1. The molecule has 4 nitrogen and oxygen atoms in total. The summed E-state index contributed by atoms with van der Waals surface area (Å²) in [6.07, 6.45) is 6.47. The maximum Gasteiger partial charge on any atom is 0.335 e. The highest BCUT2D eigenvalue weighted by molar-refractivity contribution is 7.14. The van der Waals surface area contributed by atoms with E-state index in [1.807, 2.05) is 12.1 Å². The first-order chi connectivity index (χ1) is 15.5. The van der Waals surface area contributed by atoms with Gasteiger partial charge in [0.2, 0.25) is 0 Å². The second-order valence-corrected chi connectivity index (χ2v) is 10.0. The molecule has 0 aliphatic heterocycles. The summed E-state index contributed by atoms with van der Waals surface area (Å²) in [7, 11) is 0. The van der Waals surface area contributed by atoms with Crippen molar-refractivity contribution in [2.75, 3.05) is 11.4 Å². The average Bonchev–Trinajstić information content (AvgIpc) is 3.30. The second kappa shape index (κ2) is 10.3. The van der Waals surface area contributed by atoms with Gasteiger partial charge in [-0.3, -0.25) is 0 Å². The van der Waals surface area contributed by atoms with Gasteiger partial charge in [0.1, 0.15) is 0 Å². The molecule has 0 unspecified atom stereocenters. The third-order valence-electron chi connectivity index (χ3n) is 6.39. The number of anilines is 1. The minimum atomic E-state index is -0.882. The Balaban J connectivity index is 1.58. The Bertz CT molecular complexity index is 1040. The van der Waals surface area contributed by atoms with Crippen molar-refractivity contribution in [3.05, 3.63) is 70.6 Å². The van der Waals surface area contributed by atoms with Crippen LogP contribution in [-0.4, -0.2) is 22.6 Å². The van der Waals surface area contributed by atoms with Crippen molar-refractivity contribution in [2.45, 2.75) is 58.4 Å². The molecule has 0 spiro atoms. The Labute approximate surface area is 194 Å². The third kappa shape index (κ3) is 5.57. The van der Waals surface area contributed by atoms with Crippen molar-refractivity contribution < 1.29 is 9.90 Å². The quantitative estimate of drug-likeness (QED) is 0.395. The van der Waals surface area contributed by atoms with E-state index in [4.69, 9.17) is 4.98 Å². The van der Waals surface area contributed by atoms with Crippen LogP contribution in [0.5, 0.6) is 0 Å². The lowest BCUT2D eigenvalue weighted by Gasteiger charge is -2.29. The van der Waals surface area contributed by atoms with Crippen LogP contribution in [-0.2, 0) is 6.54 Å². The van der Waals surface area contributed by atoms with Gasteiger partial charge >= 0.3 is 5.97 Å². The van der Waals surface area contributed by atoms with Crippen molar-refractivity contribution in [1.29, 1.82) is 0 Å². The molecular formula is C27H32N2O2S. The summed E-state index contributed by atoms with van der Waals surface area (Å²) in [5.74, 6) is 0.304. The van der Waals surface area contributed by atoms with E-state index in [2.05, 4.69) is 48.4 Å². The number of aromatic carboxylic acids is 1. The van der Waals surface area contributed by atoms with Crippen LogP contribution in [0.1, 0.15) is 73.4 Å². The van der Waals surface area contributed by atoms with Crippen molar-refractivity contribution in [1.82, 2.24) is 4.98 Å². The topological polar surface area (TPSA) is 53.4 Å². The first-order valence-corrected chi connectivity index (χ1v) is 12.5. The summed E-state index contributed by atoms with van der Waals surface area (Å²) >= 11 is 1.68. The summed E-state index contributed by atoms with van der Waals surface area (Å²) < 4.78 is 0. The van der Waals surface area contributed by atoms with Gasteiger partial charge in [0.05, 0.1) is 11.3 Å². The molecule has 5 heteroatoms. The Hall–Kier alpha value is -2.66. The standard InChI is InChI=1S/C27H32N2O2S/c1-19(2)22-11-13-23(14-12-22)25-18-32-27(28-25)29(16-20-7-4-3-5-8-20)17-21-9-6-10-24(15-21)26(30)31/h6,9-15,18-20H,3-5,7-8,16-17H2,1-2H3,(H,30,31). The molecule has 2 aromatic carbocycles. The zero-order valence-corrected chi connectivity index (χ0v) is 19.8. The highest BCUT2D eigenvalue weighted by Gasteiger charge is 2.20. The Morgan fingerprint density at radius 2 is 1.88 bits per heavy atom.